The highest BCUT2D eigenvalue weighted by molar-refractivity contribution is 7.92. The molecule has 4 aromatic carbocycles. The van der Waals surface area contributed by atoms with Crippen LogP contribution in [0.1, 0.15) is 47.9 Å². The second-order valence-electron chi connectivity index (χ2n) is 11.8. The highest BCUT2D eigenvalue weighted by Gasteiger charge is 2.35. The van der Waals surface area contributed by atoms with Crippen molar-refractivity contribution >= 4 is 27.5 Å². The molecule has 1 fully saturated rings. The quantitative estimate of drug-likeness (QED) is 0.204. The predicted octanol–water partition coefficient (Wildman–Crippen LogP) is 6.20. The van der Waals surface area contributed by atoms with Gasteiger partial charge in [0.15, 0.2) is 0 Å². The first-order valence-electron chi connectivity index (χ1n) is 15.5. The Hall–Kier alpha value is -4.43. The van der Waals surface area contributed by atoms with Gasteiger partial charge in [-0.25, -0.2) is 8.42 Å². The molecule has 45 heavy (non-hydrogen) atoms. The Balaban J connectivity index is 1.57. The van der Waals surface area contributed by atoms with E-state index >= 15 is 0 Å². The Kier molecular flexibility index (Phi) is 10.4. The third kappa shape index (κ3) is 8.00. The average molecular weight is 624 g/mol. The first-order chi connectivity index (χ1) is 21.7. The number of sulfonamides is 1. The Morgan fingerprint density at radius 2 is 1.38 bits per heavy atom. The number of anilines is 1. The molecule has 4 aromatic rings. The number of carbonyl (C=O) groups is 2. The van der Waals surface area contributed by atoms with E-state index in [2.05, 4.69) is 5.32 Å². The molecule has 0 unspecified atom stereocenters. The summed E-state index contributed by atoms with van der Waals surface area (Å²) in [5, 5.41) is 3.21. The zero-order valence-electron chi connectivity index (χ0n) is 25.9. The van der Waals surface area contributed by atoms with Crippen LogP contribution in [0.4, 0.5) is 5.69 Å². The summed E-state index contributed by atoms with van der Waals surface area (Å²) in [6.45, 7) is 3.48. The van der Waals surface area contributed by atoms with E-state index in [4.69, 9.17) is 0 Å². The van der Waals surface area contributed by atoms with E-state index in [9.17, 15) is 18.0 Å². The van der Waals surface area contributed by atoms with Gasteiger partial charge in [-0.05, 0) is 61.6 Å². The number of aryl methyl sites for hydroxylation is 2. The molecule has 2 amide bonds. The number of nitrogens with one attached hydrogen (secondary N) is 1. The first-order valence-corrected chi connectivity index (χ1v) is 17.0. The minimum Gasteiger partial charge on any atom is -0.352 e. The van der Waals surface area contributed by atoms with Crippen LogP contribution in [0.3, 0.4) is 0 Å². The predicted molar refractivity (Wildman–Crippen MR) is 178 cm³/mol. The van der Waals surface area contributed by atoms with Crippen molar-refractivity contribution in [2.24, 2.45) is 0 Å². The molecule has 1 aliphatic carbocycles. The molecule has 8 heteroatoms. The minimum absolute atomic E-state index is 0.0645. The molecule has 234 valence electrons. The van der Waals surface area contributed by atoms with E-state index in [1.54, 1.807) is 29.2 Å². The Morgan fingerprint density at radius 1 is 0.800 bits per heavy atom. The zero-order chi connectivity index (χ0) is 31.8. The summed E-state index contributed by atoms with van der Waals surface area (Å²) in [5.41, 5.74) is 3.90. The molecule has 1 atom stereocenters. The molecule has 7 nitrogen and oxygen atoms in total. The van der Waals surface area contributed by atoms with Gasteiger partial charge in [-0.15, -0.1) is 0 Å². The molecule has 1 saturated carbocycles. The van der Waals surface area contributed by atoms with Gasteiger partial charge in [-0.1, -0.05) is 109 Å². The van der Waals surface area contributed by atoms with Gasteiger partial charge >= 0.3 is 0 Å². The fourth-order valence-corrected chi connectivity index (χ4v) is 7.52. The van der Waals surface area contributed by atoms with Crippen LogP contribution in [0.5, 0.6) is 0 Å². The van der Waals surface area contributed by atoms with E-state index in [0.717, 1.165) is 47.9 Å². The van der Waals surface area contributed by atoms with Crippen molar-refractivity contribution < 1.29 is 18.0 Å². The van der Waals surface area contributed by atoms with Crippen molar-refractivity contribution in [3.63, 3.8) is 0 Å². The number of hydrogen-bond donors (Lipinski definition) is 1. The highest BCUT2D eigenvalue weighted by atomic mass is 32.2. The highest BCUT2D eigenvalue weighted by Crippen LogP contribution is 2.29. The lowest BCUT2D eigenvalue weighted by Crippen LogP contribution is -2.54. The van der Waals surface area contributed by atoms with E-state index in [-0.39, 0.29) is 23.4 Å². The maximum atomic E-state index is 14.6. The van der Waals surface area contributed by atoms with Crippen LogP contribution in [0.25, 0.3) is 0 Å². The molecule has 0 saturated heterocycles. The monoisotopic (exact) mass is 623 g/mol. The van der Waals surface area contributed by atoms with E-state index in [1.165, 1.54) is 16.4 Å². The zero-order valence-corrected chi connectivity index (χ0v) is 26.7. The molecule has 0 spiro atoms. The fourth-order valence-electron chi connectivity index (χ4n) is 6.02. The van der Waals surface area contributed by atoms with Gasteiger partial charge in [-0.2, -0.15) is 0 Å². The largest absolute Gasteiger partial charge is 0.352 e. The van der Waals surface area contributed by atoms with Gasteiger partial charge in [0.1, 0.15) is 12.6 Å². The first kappa shape index (κ1) is 32.0. The summed E-state index contributed by atoms with van der Waals surface area (Å²) in [6, 6.07) is 32.0. The molecule has 1 N–H and O–H groups in total. The normalized spacial score (nSPS) is 14.1. The van der Waals surface area contributed by atoms with Gasteiger partial charge in [-0.3, -0.25) is 13.9 Å². The van der Waals surface area contributed by atoms with Crippen LogP contribution in [0.2, 0.25) is 0 Å². The lowest BCUT2D eigenvalue weighted by Gasteiger charge is -2.34. The molecule has 1 aliphatic rings. The van der Waals surface area contributed by atoms with Crippen molar-refractivity contribution in [2.75, 3.05) is 10.8 Å². The Labute approximate surface area is 266 Å². The fraction of sp³-hybridized carbons (Fsp3) is 0.297. The third-order valence-corrected chi connectivity index (χ3v) is 10.2. The number of nitrogens with zero attached hydrogens (tertiary/aromatic N) is 2. The van der Waals surface area contributed by atoms with Crippen LogP contribution in [0.15, 0.2) is 114 Å². The van der Waals surface area contributed by atoms with Crippen molar-refractivity contribution in [3.8, 4) is 0 Å². The van der Waals surface area contributed by atoms with Gasteiger partial charge in [0.05, 0.1) is 10.6 Å². The van der Waals surface area contributed by atoms with E-state index in [0.29, 0.717) is 12.1 Å². The second kappa shape index (κ2) is 14.6. The molecule has 5 rings (SSSR count). The van der Waals surface area contributed by atoms with E-state index < -0.39 is 28.5 Å². The lowest BCUT2D eigenvalue weighted by atomic mass is 10.0. The van der Waals surface area contributed by atoms with Gasteiger partial charge < -0.3 is 10.2 Å². The summed E-state index contributed by atoms with van der Waals surface area (Å²) in [6.07, 6.45) is 4.23. The number of carbonyl (C=O) groups excluding carboxylic acids is 2. The molecular formula is C37H41N3O4S. The molecular weight excluding hydrogens is 582 g/mol. The van der Waals surface area contributed by atoms with Gasteiger partial charge in [0.25, 0.3) is 10.0 Å². The molecule has 0 aliphatic heterocycles. The molecule has 0 heterocycles. The second-order valence-corrected chi connectivity index (χ2v) is 13.7. The van der Waals surface area contributed by atoms with Crippen molar-refractivity contribution in [1.82, 2.24) is 10.2 Å². The molecule has 0 aromatic heterocycles. The topological polar surface area (TPSA) is 86.8 Å². The Morgan fingerprint density at radius 3 is 1.98 bits per heavy atom. The van der Waals surface area contributed by atoms with Crippen LogP contribution >= 0.6 is 0 Å². The van der Waals surface area contributed by atoms with Gasteiger partial charge in [0, 0.05) is 19.0 Å². The van der Waals surface area contributed by atoms with Gasteiger partial charge in [0.2, 0.25) is 11.8 Å². The standard InChI is InChI=1S/C37H41N3O4S/c1-28-22-23-34(29(2)24-28)40(45(43,44)33-20-10-5-11-21-33)27-36(41)39(26-31-16-8-4-9-17-31)35(25-30-14-6-3-7-15-30)37(42)38-32-18-12-13-19-32/h3-11,14-17,20-24,32,35H,12-13,18-19,25-27H2,1-2H3,(H,38,42)/t35-/m1/s1. The molecule has 0 bridgehead atoms. The number of hydrogen-bond acceptors (Lipinski definition) is 4. The lowest BCUT2D eigenvalue weighted by molar-refractivity contribution is -0.140. The number of benzene rings is 4. The summed E-state index contributed by atoms with van der Waals surface area (Å²) >= 11 is 0. The number of amides is 2. The average Bonchev–Trinajstić information content (AvgIpc) is 3.56. The van der Waals surface area contributed by atoms with Crippen LogP contribution in [-0.2, 0) is 32.6 Å². The summed E-state index contributed by atoms with van der Waals surface area (Å²) < 4.78 is 29.6. The Bertz CT molecular complexity index is 1690. The van der Waals surface area contributed by atoms with Crippen LogP contribution in [-0.4, -0.2) is 43.8 Å². The van der Waals surface area contributed by atoms with Crippen molar-refractivity contribution in [3.05, 3.63) is 131 Å². The van der Waals surface area contributed by atoms with Crippen molar-refractivity contribution in [1.29, 1.82) is 0 Å². The molecule has 0 radical (unpaired) electrons. The van der Waals surface area contributed by atoms with Crippen molar-refractivity contribution in [2.45, 2.75) is 69.5 Å². The SMILES string of the molecule is Cc1ccc(N(CC(=O)N(Cc2ccccc2)[C@H](Cc2ccccc2)C(=O)NC2CCCC2)S(=O)(=O)c2ccccc2)c(C)c1. The summed E-state index contributed by atoms with van der Waals surface area (Å²) in [5.74, 6) is -0.681. The maximum Gasteiger partial charge on any atom is 0.264 e. The smallest absolute Gasteiger partial charge is 0.264 e. The third-order valence-electron chi connectivity index (χ3n) is 8.40. The minimum atomic E-state index is -4.13. The maximum absolute atomic E-state index is 14.6. The summed E-state index contributed by atoms with van der Waals surface area (Å²) in [7, 11) is -4.13. The van der Waals surface area contributed by atoms with E-state index in [1.807, 2.05) is 86.6 Å². The summed E-state index contributed by atoms with van der Waals surface area (Å²) in [4.78, 5) is 30.3. The van der Waals surface area contributed by atoms with Crippen LogP contribution in [0, 0.1) is 13.8 Å². The number of rotatable bonds is 12. The van der Waals surface area contributed by atoms with Crippen LogP contribution < -0.4 is 9.62 Å².